The zero-order valence-electron chi connectivity index (χ0n) is 15.4. The van der Waals surface area contributed by atoms with Gasteiger partial charge in [0.25, 0.3) is 0 Å². The van der Waals surface area contributed by atoms with Gasteiger partial charge in [0.2, 0.25) is 0 Å². The number of hydrogen-bond acceptors (Lipinski definition) is 5. The van der Waals surface area contributed by atoms with Gasteiger partial charge in [-0.15, -0.1) is 0 Å². The quantitative estimate of drug-likeness (QED) is 0.630. The van der Waals surface area contributed by atoms with Gasteiger partial charge in [-0.1, -0.05) is 12.1 Å². The molecule has 3 rings (SSSR count). The summed E-state index contributed by atoms with van der Waals surface area (Å²) in [7, 11) is 0. The number of rotatable bonds is 4. The molecular formula is C19H23N5O4. The summed E-state index contributed by atoms with van der Waals surface area (Å²) in [4.78, 5) is 38.0. The van der Waals surface area contributed by atoms with Gasteiger partial charge in [0.15, 0.2) is 0 Å². The lowest BCUT2D eigenvalue weighted by atomic mass is 9.84. The number of carbonyl (C=O) groups excluding carboxylic acids is 2. The number of nitrogens with two attached hydrogens (primary N) is 1. The highest BCUT2D eigenvalue weighted by atomic mass is 16.4. The number of amides is 3. The van der Waals surface area contributed by atoms with E-state index in [1.165, 1.54) is 4.90 Å². The van der Waals surface area contributed by atoms with Gasteiger partial charge in [0.1, 0.15) is 0 Å². The Balaban J connectivity index is 1.72. The second-order valence-electron chi connectivity index (χ2n) is 7.50. The largest absolute Gasteiger partial charge is 0.465 e. The summed E-state index contributed by atoms with van der Waals surface area (Å²) in [5.74, 6) is -1.41. The highest BCUT2D eigenvalue weighted by Crippen LogP contribution is 2.30. The molecule has 0 saturated carbocycles. The van der Waals surface area contributed by atoms with Crippen LogP contribution in [0.2, 0.25) is 0 Å². The number of nitriles is 1. The molecular weight excluding hydrogens is 362 g/mol. The van der Waals surface area contributed by atoms with Crippen molar-refractivity contribution in [3.63, 3.8) is 0 Å². The van der Waals surface area contributed by atoms with Gasteiger partial charge in [-0.05, 0) is 36.0 Å². The predicted octanol–water partition coefficient (Wildman–Crippen LogP) is 0.133. The fourth-order valence-corrected chi connectivity index (χ4v) is 4.20. The van der Waals surface area contributed by atoms with Crippen LogP contribution in [0.5, 0.6) is 0 Å². The summed E-state index contributed by atoms with van der Waals surface area (Å²) >= 11 is 0. The minimum Gasteiger partial charge on any atom is -0.465 e. The molecule has 0 aliphatic carbocycles. The van der Waals surface area contributed by atoms with E-state index >= 15 is 0 Å². The molecule has 0 radical (unpaired) electrons. The minimum absolute atomic E-state index is 0.247. The number of hydrogen-bond donors (Lipinski definition) is 3. The van der Waals surface area contributed by atoms with E-state index in [4.69, 9.17) is 11.0 Å². The van der Waals surface area contributed by atoms with Crippen molar-refractivity contribution in [3.05, 3.63) is 35.4 Å². The number of carbonyl (C=O) groups is 3. The second-order valence-corrected chi connectivity index (χ2v) is 7.50. The Bertz CT molecular complexity index is 790. The van der Waals surface area contributed by atoms with Crippen LogP contribution in [-0.2, 0) is 9.59 Å². The van der Waals surface area contributed by atoms with Crippen LogP contribution in [0.1, 0.15) is 23.6 Å². The summed E-state index contributed by atoms with van der Waals surface area (Å²) in [5, 5.41) is 20.9. The molecule has 2 saturated heterocycles. The summed E-state index contributed by atoms with van der Waals surface area (Å²) in [6, 6.07) is 8.42. The molecule has 2 aliphatic heterocycles. The molecule has 0 aromatic heterocycles. The Morgan fingerprint density at radius 1 is 1.18 bits per heavy atom. The van der Waals surface area contributed by atoms with E-state index in [0.717, 1.165) is 25.1 Å². The number of likely N-dealkylation sites (tertiary alicyclic amines) is 2. The summed E-state index contributed by atoms with van der Waals surface area (Å²) < 4.78 is 0. The Hall–Kier alpha value is -3.12. The first-order valence-electron chi connectivity index (χ1n) is 9.16. The number of nitrogens with one attached hydrogen (secondary N) is 1. The molecule has 2 fully saturated rings. The van der Waals surface area contributed by atoms with Crippen LogP contribution in [-0.4, -0.2) is 65.5 Å². The van der Waals surface area contributed by atoms with E-state index in [9.17, 15) is 19.5 Å². The molecule has 1 aromatic rings. The smallest absolute Gasteiger partial charge is 0.407 e. The molecule has 9 nitrogen and oxygen atoms in total. The lowest BCUT2D eigenvalue weighted by Crippen LogP contribution is -2.55. The topological polar surface area (TPSA) is 140 Å². The van der Waals surface area contributed by atoms with Crippen molar-refractivity contribution in [2.24, 2.45) is 17.6 Å². The molecule has 2 bridgehead atoms. The Morgan fingerprint density at radius 2 is 1.79 bits per heavy atom. The molecule has 2 aliphatic rings. The Morgan fingerprint density at radius 3 is 2.29 bits per heavy atom. The van der Waals surface area contributed by atoms with E-state index < -0.39 is 23.9 Å². The number of nitrogens with zero attached hydrogens (tertiary/aromatic N) is 3. The number of piperidine rings is 2. The van der Waals surface area contributed by atoms with E-state index in [1.54, 1.807) is 24.3 Å². The Labute approximate surface area is 162 Å². The first-order valence-corrected chi connectivity index (χ1v) is 9.16. The van der Waals surface area contributed by atoms with Crippen LogP contribution >= 0.6 is 0 Å². The van der Waals surface area contributed by atoms with Crippen LogP contribution in [0, 0.1) is 23.2 Å². The fourth-order valence-electron chi connectivity index (χ4n) is 4.20. The molecule has 9 heteroatoms. The summed E-state index contributed by atoms with van der Waals surface area (Å²) in [6.07, 6.45) is 0.113. The number of fused-ring (bicyclic) bond motifs is 2. The first kappa shape index (κ1) is 19.6. The third-order valence-electron chi connectivity index (χ3n) is 5.34. The second kappa shape index (κ2) is 8.27. The van der Waals surface area contributed by atoms with Gasteiger partial charge in [-0.3, -0.25) is 9.59 Å². The molecule has 28 heavy (non-hydrogen) atoms. The van der Waals surface area contributed by atoms with Gasteiger partial charge in [0, 0.05) is 32.7 Å². The summed E-state index contributed by atoms with van der Waals surface area (Å²) in [5.41, 5.74) is 6.37. The van der Waals surface area contributed by atoms with Crippen LogP contribution in [0.25, 0.3) is 0 Å². The van der Waals surface area contributed by atoms with Crippen molar-refractivity contribution < 1.29 is 19.5 Å². The highest BCUT2D eigenvalue weighted by Gasteiger charge is 2.36. The van der Waals surface area contributed by atoms with Crippen molar-refractivity contribution in [1.82, 2.24) is 15.1 Å². The van der Waals surface area contributed by atoms with Crippen LogP contribution in [0.4, 0.5) is 4.79 Å². The molecule has 1 aromatic carbocycles. The van der Waals surface area contributed by atoms with Crippen LogP contribution in [0.3, 0.4) is 0 Å². The van der Waals surface area contributed by atoms with Crippen molar-refractivity contribution >= 4 is 17.9 Å². The molecule has 2 heterocycles. The predicted molar refractivity (Wildman–Crippen MR) is 98.9 cm³/mol. The SMILES string of the molecule is N#Cc1ccc(C(CN2CC3CC(C2)CN(C(=O)O)C3)NC(=O)C(N)=O)cc1. The summed E-state index contributed by atoms with van der Waals surface area (Å²) in [6.45, 7) is 2.94. The Kier molecular flexibility index (Phi) is 5.80. The van der Waals surface area contributed by atoms with Gasteiger partial charge in [0.05, 0.1) is 17.7 Å². The van der Waals surface area contributed by atoms with Crippen molar-refractivity contribution in [2.45, 2.75) is 12.5 Å². The standard InChI is InChI=1S/C19H23N5O4/c20-6-12-1-3-15(4-2-12)16(22-18(26)17(21)25)11-23-7-13-5-14(8-23)10-24(9-13)19(27)28/h1-4,13-14,16H,5,7-11H2,(H2,21,25)(H,22,26)(H,27,28). The van der Waals surface area contributed by atoms with E-state index in [2.05, 4.69) is 10.2 Å². The molecule has 3 unspecified atom stereocenters. The average Bonchev–Trinajstić information content (AvgIpc) is 2.66. The van der Waals surface area contributed by atoms with Gasteiger partial charge < -0.3 is 26.0 Å². The third-order valence-corrected chi connectivity index (χ3v) is 5.34. The van der Waals surface area contributed by atoms with Crippen molar-refractivity contribution in [3.8, 4) is 6.07 Å². The maximum absolute atomic E-state index is 11.9. The first-order chi connectivity index (χ1) is 13.4. The third kappa shape index (κ3) is 4.58. The van der Waals surface area contributed by atoms with Crippen molar-refractivity contribution in [2.75, 3.05) is 32.7 Å². The lowest BCUT2D eigenvalue weighted by molar-refractivity contribution is -0.137. The number of primary amides is 1. The van der Waals surface area contributed by atoms with Crippen LogP contribution in [0.15, 0.2) is 24.3 Å². The monoisotopic (exact) mass is 385 g/mol. The van der Waals surface area contributed by atoms with E-state index in [-0.39, 0.29) is 11.8 Å². The van der Waals surface area contributed by atoms with Crippen LogP contribution < -0.4 is 11.1 Å². The average molecular weight is 385 g/mol. The minimum atomic E-state index is -1.05. The zero-order valence-corrected chi connectivity index (χ0v) is 15.4. The van der Waals surface area contributed by atoms with Gasteiger partial charge in [-0.2, -0.15) is 5.26 Å². The molecule has 4 N–H and O–H groups in total. The zero-order chi connectivity index (χ0) is 20.3. The number of carboxylic acid groups (broad SMARTS) is 1. The maximum atomic E-state index is 11.9. The van der Waals surface area contributed by atoms with Gasteiger partial charge in [-0.25, -0.2) is 4.79 Å². The lowest BCUT2D eigenvalue weighted by Gasteiger charge is -2.45. The fraction of sp³-hybridized carbons (Fsp3) is 0.474. The maximum Gasteiger partial charge on any atom is 0.407 e. The van der Waals surface area contributed by atoms with E-state index in [1.807, 2.05) is 6.07 Å². The highest BCUT2D eigenvalue weighted by molar-refractivity contribution is 6.34. The number of benzene rings is 1. The molecule has 0 spiro atoms. The van der Waals surface area contributed by atoms with Gasteiger partial charge >= 0.3 is 17.9 Å². The molecule has 3 atom stereocenters. The van der Waals surface area contributed by atoms with E-state index in [0.29, 0.717) is 25.2 Å². The molecule has 148 valence electrons. The molecule has 3 amide bonds. The normalized spacial score (nSPS) is 22.8. The van der Waals surface area contributed by atoms with Crippen molar-refractivity contribution in [1.29, 1.82) is 5.26 Å².